The van der Waals surface area contributed by atoms with E-state index in [1.54, 1.807) is 30.4 Å². The molecule has 5 heteroatoms. The summed E-state index contributed by atoms with van der Waals surface area (Å²) < 4.78 is 7.42. The Morgan fingerprint density at radius 3 is 2.50 bits per heavy atom. The molecule has 4 aromatic rings. The molecule has 0 bridgehead atoms. The molecule has 0 saturated carbocycles. The monoisotopic (exact) mass is 307 g/mol. The molecule has 0 N–H and O–H groups in total. The van der Waals surface area contributed by atoms with E-state index in [-0.39, 0.29) is 0 Å². The largest absolute Gasteiger partial charge is 0.432 e. The summed E-state index contributed by atoms with van der Waals surface area (Å²) in [4.78, 5) is 9.97. The Balaban J connectivity index is 1.95. The molecular weight excluding hydrogens is 294 g/mol. The average molecular weight is 307 g/mol. The van der Waals surface area contributed by atoms with Crippen molar-refractivity contribution in [3.05, 3.63) is 61.3 Å². The molecule has 4 nitrogen and oxygen atoms in total. The van der Waals surface area contributed by atoms with Gasteiger partial charge in [-0.3, -0.25) is 9.38 Å². The lowest BCUT2D eigenvalue weighted by molar-refractivity contribution is 0.596. The van der Waals surface area contributed by atoms with Crippen molar-refractivity contribution in [2.24, 2.45) is 0 Å². The summed E-state index contributed by atoms with van der Waals surface area (Å²) in [6.45, 7) is 0. The Morgan fingerprint density at radius 1 is 1.00 bits per heavy atom. The highest BCUT2D eigenvalue weighted by atomic mass is 32.2. The average Bonchev–Trinajstić information content (AvgIpc) is 3.16. The summed E-state index contributed by atoms with van der Waals surface area (Å²) in [5, 5.41) is 0. The van der Waals surface area contributed by atoms with Gasteiger partial charge < -0.3 is 4.42 Å². The smallest absolute Gasteiger partial charge is 0.306 e. The topological polar surface area (TPSA) is 43.3 Å². The molecule has 0 spiro atoms. The number of hydrogen-bond acceptors (Lipinski definition) is 4. The van der Waals surface area contributed by atoms with Crippen molar-refractivity contribution in [2.75, 3.05) is 6.26 Å². The minimum Gasteiger partial charge on any atom is -0.432 e. The van der Waals surface area contributed by atoms with Gasteiger partial charge in [0.25, 0.3) is 0 Å². The lowest BCUT2D eigenvalue weighted by Gasteiger charge is -2.05. The van der Waals surface area contributed by atoms with Crippen LogP contribution in [-0.2, 0) is 0 Å². The van der Waals surface area contributed by atoms with Gasteiger partial charge in [-0.25, -0.2) is 0 Å². The number of hydrogen-bond donors (Lipinski definition) is 0. The molecule has 0 amide bonds. The van der Waals surface area contributed by atoms with Crippen molar-refractivity contribution in [1.29, 1.82) is 0 Å². The third-order valence-electron chi connectivity index (χ3n) is 3.58. The molecule has 4 rings (SSSR count). The number of nitrogens with zero attached hydrogens (tertiary/aromatic N) is 3. The van der Waals surface area contributed by atoms with E-state index in [2.05, 4.69) is 40.5 Å². The minimum atomic E-state index is 0.593. The second-order valence-electron chi connectivity index (χ2n) is 4.83. The molecule has 22 heavy (non-hydrogen) atoms. The molecule has 0 aliphatic rings. The van der Waals surface area contributed by atoms with E-state index in [4.69, 9.17) is 4.42 Å². The van der Waals surface area contributed by atoms with Crippen LogP contribution in [0.5, 0.6) is 0 Å². The zero-order chi connectivity index (χ0) is 14.9. The highest BCUT2D eigenvalue weighted by Gasteiger charge is 2.17. The number of imidazole rings is 1. The fourth-order valence-corrected chi connectivity index (χ4v) is 2.93. The SMILES string of the molecule is CSc1ccc(-c2nc3occn3c2-c2ccncc2)cc1. The van der Waals surface area contributed by atoms with Crippen molar-refractivity contribution < 1.29 is 4.42 Å². The summed E-state index contributed by atoms with van der Waals surface area (Å²) in [5.41, 5.74) is 4.07. The van der Waals surface area contributed by atoms with E-state index in [0.29, 0.717) is 5.84 Å². The first-order chi connectivity index (χ1) is 10.9. The van der Waals surface area contributed by atoms with Crippen molar-refractivity contribution in [1.82, 2.24) is 14.4 Å². The van der Waals surface area contributed by atoms with Crippen LogP contribution in [0.15, 0.2) is 70.6 Å². The molecule has 0 aliphatic heterocycles. The van der Waals surface area contributed by atoms with Crippen molar-refractivity contribution in [3.63, 3.8) is 0 Å². The molecule has 0 atom stereocenters. The number of rotatable bonds is 3. The summed E-state index contributed by atoms with van der Waals surface area (Å²) in [6.07, 6.45) is 9.18. The van der Waals surface area contributed by atoms with Crippen LogP contribution in [-0.4, -0.2) is 20.6 Å². The van der Waals surface area contributed by atoms with Gasteiger partial charge in [0.15, 0.2) is 0 Å². The van der Waals surface area contributed by atoms with Crippen LogP contribution in [0.1, 0.15) is 0 Å². The fourth-order valence-electron chi connectivity index (χ4n) is 2.52. The Hall–Kier alpha value is -2.53. The number of oxazole rings is 1. The summed E-state index contributed by atoms with van der Waals surface area (Å²) >= 11 is 1.73. The first-order valence-corrected chi connectivity index (χ1v) is 8.09. The lowest BCUT2D eigenvalue weighted by atomic mass is 10.1. The van der Waals surface area contributed by atoms with Crippen LogP contribution in [0.25, 0.3) is 28.4 Å². The van der Waals surface area contributed by atoms with Crippen LogP contribution < -0.4 is 0 Å². The standard InChI is InChI=1S/C17H13N3OS/c1-22-14-4-2-12(3-5-14)15-16(13-6-8-18-9-7-13)20-10-11-21-17(20)19-15/h2-11H,1H3. The zero-order valence-electron chi connectivity index (χ0n) is 11.9. The van der Waals surface area contributed by atoms with Crippen molar-refractivity contribution in [2.45, 2.75) is 4.90 Å². The predicted molar refractivity (Wildman–Crippen MR) is 87.9 cm³/mol. The van der Waals surface area contributed by atoms with E-state index in [1.807, 2.05) is 22.7 Å². The van der Waals surface area contributed by atoms with Gasteiger partial charge in [0.05, 0.1) is 5.69 Å². The van der Waals surface area contributed by atoms with E-state index >= 15 is 0 Å². The van der Waals surface area contributed by atoms with Gasteiger partial charge in [-0.15, -0.1) is 11.8 Å². The predicted octanol–water partition coefficient (Wildman–Crippen LogP) is 4.38. The van der Waals surface area contributed by atoms with E-state index < -0.39 is 0 Å². The van der Waals surface area contributed by atoms with Gasteiger partial charge in [0.2, 0.25) is 0 Å². The second kappa shape index (κ2) is 5.35. The number of fused-ring (bicyclic) bond motifs is 1. The third-order valence-corrected chi connectivity index (χ3v) is 4.32. The number of pyridine rings is 1. The maximum Gasteiger partial charge on any atom is 0.306 e. The van der Waals surface area contributed by atoms with E-state index in [0.717, 1.165) is 22.5 Å². The molecule has 0 saturated heterocycles. The molecule has 0 radical (unpaired) electrons. The molecule has 0 fully saturated rings. The number of aromatic nitrogens is 3. The van der Waals surface area contributed by atoms with Crippen molar-refractivity contribution >= 4 is 17.6 Å². The molecule has 0 unspecified atom stereocenters. The second-order valence-corrected chi connectivity index (χ2v) is 5.71. The first kappa shape index (κ1) is 13.2. The van der Waals surface area contributed by atoms with Gasteiger partial charge in [0, 0.05) is 34.6 Å². The first-order valence-electron chi connectivity index (χ1n) is 6.87. The van der Waals surface area contributed by atoms with Gasteiger partial charge in [-0.05, 0) is 30.5 Å². The van der Waals surface area contributed by atoms with Crippen LogP contribution in [0.2, 0.25) is 0 Å². The number of thioether (sulfide) groups is 1. The van der Waals surface area contributed by atoms with Gasteiger partial charge in [-0.2, -0.15) is 4.98 Å². The fraction of sp³-hybridized carbons (Fsp3) is 0.0588. The quantitative estimate of drug-likeness (QED) is 0.527. The van der Waals surface area contributed by atoms with Gasteiger partial charge >= 0.3 is 5.84 Å². The van der Waals surface area contributed by atoms with Crippen LogP contribution >= 0.6 is 11.8 Å². The van der Waals surface area contributed by atoms with Crippen molar-refractivity contribution in [3.8, 4) is 22.5 Å². The molecular formula is C17H13N3OS. The van der Waals surface area contributed by atoms with E-state index in [1.165, 1.54) is 4.90 Å². The molecule has 3 aromatic heterocycles. The number of benzene rings is 1. The summed E-state index contributed by atoms with van der Waals surface area (Å²) in [6, 6.07) is 12.4. The Labute approximate surface area is 131 Å². The molecule has 0 aliphatic carbocycles. The molecule has 108 valence electrons. The normalized spacial score (nSPS) is 11.1. The highest BCUT2D eigenvalue weighted by Crippen LogP contribution is 2.33. The van der Waals surface area contributed by atoms with Gasteiger partial charge in [0.1, 0.15) is 12.0 Å². The van der Waals surface area contributed by atoms with Crippen LogP contribution in [0.3, 0.4) is 0 Å². The van der Waals surface area contributed by atoms with Crippen LogP contribution in [0.4, 0.5) is 0 Å². The lowest BCUT2D eigenvalue weighted by Crippen LogP contribution is -1.88. The Kier molecular flexibility index (Phi) is 3.20. The third kappa shape index (κ3) is 2.10. The maximum absolute atomic E-state index is 5.46. The Bertz CT molecular complexity index is 910. The molecule has 1 aromatic carbocycles. The highest BCUT2D eigenvalue weighted by molar-refractivity contribution is 7.98. The maximum atomic E-state index is 5.46. The van der Waals surface area contributed by atoms with Crippen LogP contribution in [0, 0.1) is 0 Å². The molecule has 3 heterocycles. The van der Waals surface area contributed by atoms with E-state index in [9.17, 15) is 0 Å². The summed E-state index contributed by atoms with van der Waals surface area (Å²) in [7, 11) is 0. The Morgan fingerprint density at radius 2 is 1.77 bits per heavy atom. The summed E-state index contributed by atoms with van der Waals surface area (Å²) in [5.74, 6) is 0.593. The minimum absolute atomic E-state index is 0.593. The zero-order valence-corrected chi connectivity index (χ0v) is 12.7. The van der Waals surface area contributed by atoms with Gasteiger partial charge in [-0.1, -0.05) is 12.1 Å².